The van der Waals surface area contributed by atoms with Gasteiger partial charge in [-0.15, -0.1) is 0 Å². The maximum Gasteiger partial charge on any atom is 0.321 e. The average Bonchev–Trinajstić information content (AvgIpc) is 3.13. The summed E-state index contributed by atoms with van der Waals surface area (Å²) < 4.78 is 9.83. The number of ether oxygens (including phenoxy) is 1. The van der Waals surface area contributed by atoms with Crippen LogP contribution in [0.4, 0.5) is 4.79 Å². The quantitative estimate of drug-likeness (QED) is 0.660. The van der Waals surface area contributed by atoms with Gasteiger partial charge in [-0.1, -0.05) is 18.1 Å². The number of carbonyl (C=O) groups is 3. The number of imide groups is 1. The zero-order chi connectivity index (χ0) is 18.8. The first-order valence-corrected chi connectivity index (χ1v) is 8.05. The first-order chi connectivity index (χ1) is 12.6. The highest BCUT2D eigenvalue weighted by atomic mass is 16.5. The predicted molar refractivity (Wildman–Crippen MR) is 88.6 cm³/mol. The van der Waals surface area contributed by atoms with Crippen molar-refractivity contribution in [3.8, 4) is 11.5 Å². The molecule has 138 valence electrons. The molecule has 2 aromatic rings. The molecule has 3 amide bonds. The van der Waals surface area contributed by atoms with E-state index in [0.717, 1.165) is 6.42 Å². The summed E-state index contributed by atoms with van der Waals surface area (Å²) >= 11 is 0. The third-order valence-corrected chi connectivity index (χ3v) is 3.06. The van der Waals surface area contributed by atoms with E-state index < -0.39 is 24.5 Å². The van der Waals surface area contributed by atoms with Gasteiger partial charge < -0.3 is 14.6 Å². The van der Waals surface area contributed by atoms with Crippen LogP contribution in [0.2, 0.25) is 0 Å². The molecule has 0 bridgehead atoms. The Morgan fingerprint density at radius 1 is 1.27 bits per heavy atom. The van der Waals surface area contributed by atoms with Gasteiger partial charge in [-0.25, -0.2) is 4.79 Å². The Morgan fingerprint density at radius 3 is 2.85 bits per heavy atom. The fourth-order valence-electron chi connectivity index (χ4n) is 1.83. The van der Waals surface area contributed by atoms with Crippen LogP contribution in [0.15, 0.2) is 28.9 Å². The molecule has 0 aliphatic rings. The number of urea groups is 1. The summed E-state index contributed by atoms with van der Waals surface area (Å²) in [5.74, 6) is -0.744. The highest BCUT2D eigenvalue weighted by Gasteiger charge is 2.14. The summed E-state index contributed by atoms with van der Waals surface area (Å²) in [6.07, 6.45) is 2.47. The minimum absolute atomic E-state index is 0.0425. The van der Waals surface area contributed by atoms with Crippen molar-refractivity contribution >= 4 is 17.9 Å². The molecule has 26 heavy (non-hydrogen) atoms. The van der Waals surface area contributed by atoms with Gasteiger partial charge in [-0.3, -0.25) is 19.9 Å². The summed E-state index contributed by atoms with van der Waals surface area (Å²) in [6, 6.07) is 4.67. The van der Waals surface area contributed by atoms with Crippen LogP contribution < -0.4 is 10.6 Å². The number of amides is 3. The SMILES string of the molecule is CCCNC(=O)NC(=O)COC(=O)CCc1nc(-c2ccccn2)no1. The second kappa shape index (κ2) is 9.87. The Kier molecular flexibility index (Phi) is 7.22. The van der Waals surface area contributed by atoms with Gasteiger partial charge in [0.15, 0.2) is 6.61 Å². The normalized spacial score (nSPS) is 10.2. The van der Waals surface area contributed by atoms with Crippen molar-refractivity contribution in [1.82, 2.24) is 25.8 Å². The van der Waals surface area contributed by atoms with E-state index in [4.69, 9.17) is 9.26 Å². The lowest BCUT2D eigenvalue weighted by Crippen LogP contribution is -2.41. The van der Waals surface area contributed by atoms with Crippen molar-refractivity contribution in [1.29, 1.82) is 0 Å². The maximum absolute atomic E-state index is 11.7. The van der Waals surface area contributed by atoms with Gasteiger partial charge in [0.2, 0.25) is 11.7 Å². The smallest absolute Gasteiger partial charge is 0.321 e. The average molecular weight is 361 g/mol. The lowest BCUT2D eigenvalue weighted by Gasteiger charge is -2.06. The van der Waals surface area contributed by atoms with Gasteiger partial charge in [0.25, 0.3) is 5.91 Å². The maximum atomic E-state index is 11.7. The Hall–Kier alpha value is -3.30. The molecule has 10 nitrogen and oxygen atoms in total. The molecular formula is C16H19N5O5. The molecule has 10 heteroatoms. The highest BCUT2D eigenvalue weighted by Crippen LogP contribution is 2.12. The molecule has 2 heterocycles. The van der Waals surface area contributed by atoms with E-state index in [1.165, 1.54) is 0 Å². The molecule has 2 N–H and O–H groups in total. The van der Waals surface area contributed by atoms with Crippen molar-refractivity contribution in [3.63, 3.8) is 0 Å². The number of hydrogen-bond acceptors (Lipinski definition) is 8. The van der Waals surface area contributed by atoms with Crippen LogP contribution in [0.25, 0.3) is 11.5 Å². The van der Waals surface area contributed by atoms with Crippen LogP contribution in [-0.2, 0) is 20.7 Å². The molecule has 0 aliphatic carbocycles. The van der Waals surface area contributed by atoms with Crippen molar-refractivity contribution in [2.24, 2.45) is 0 Å². The summed E-state index contributed by atoms with van der Waals surface area (Å²) in [4.78, 5) is 42.6. The number of esters is 1. The van der Waals surface area contributed by atoms with E-state index in [2.05, 4.69) is 25.8 Å². The fraction of sp³-hybridized carbons (Fsp3) is 0.375. The summed E-state index contributed by atoms with van der Waals surface area (Å²) in [5, 5.41) is 8.31. The summed E-state index contributed by atoms with van der Waals surface area (Å²) in [5.41, 5.74) is 0.558. The molecule has 0 saturated carbocycles. The minimum atomic E-state index is -0.706. The Balaban J connectivity index is 1.70. The van der Waals surface area contributed by atoms with E-state index in [-0.39, 0.29) is 18.7 Å². The molecule has 0 aromatic carbocycles. The Labute approximate surface area is 149 Å². The van der Waals surface area contributed by atoms with Crippen LogP contribution in [-0.4, -0.2) is 46.2 Å². The molecule has 0 spiro atoms. The largest absolute Gasteiger partial charge is 0.456 e. The van der Waals surface area contributed by atoms with E-state index in [1.807, 2.05) is 6.92 Å². The van der Waals surface area contributed by atoms with Crippen LogP contribution in [0.5, 0.6) is 0 Å². The van der Waals surface area contributed by atoms with Gasteiger partial charge in [0.05, 0.1) is 6.42 Å². The van der Waals surface area contributed by atoms with Crippen molar-refractivity contribution in [3.05, 3.63) is 30.3 Å². The third-order valence-electron chi connectivity index (χ3n) is 3.06. The summed E-state index contributed by atoms with van der Waals surface area (Å²) in [7, 11) is 0. The van der Waals surface area contributed by atoms with Crippen LogP contribution in [0, 0.1) is 0 Å². The van der Waals surface area contributed by atoms with Gasteiger partial charge >= 0.3 is 12.0 Å². The van der Waals surface area contributed by atoms with Gasteiger partial charge in [0.1, 0.15) is 5.69 Å². The number of hydrogen-bond donors (Lipinski definition) is 2. The Morgan fingerprint density at radius 2 is 2.12 bits per heavy atom. The molecule has 0 fully saturated rings. The second-order valence-electron chi connectivity index (χ2n) is 5.19. The standard InChI is InChI=1S/C16H19N5O5/c1-2-8-18-16(24)19-12(22)10-25-14(23)7-6-13-20-15(21-26-13)11-5-3-4-9-17-11/h3-5,9H,2,6-8,10H2,1H3,(H2,18,19,22,24). The van der Waals surface area contributed by atoms with Crippen LogP contribution in [0.3, 0.4) is 0 Å². The highest BCUT2D eigenvalue weighted by molar-refractivity contribution is 5.95. The molecule has 2 aromatic heterocycles. The number of aromatic nitrogens is 3. The number of pyridine rings is 1. The molecule has 0 atom stereocenters. The number of carbonyl (C=O) groups excluding carboxylic acids is 3. The number of nitrogens with zero attached hydrogens (tertiary/aromatic N) is 3. The summed E-state index contributed by atoms with van der Waals surface area (Å²) in [6.45, 7) is 1.79. The molecular weight excluding hydrogens is 342 g/mol. The van der Waals surface area contributed by atoms with Gasteiger partial charge in [0, 0.05) is 19.2 Å². The molecule has 0 aliphatic heterocycles. The second-order valence-corrected chi connectivity index (χ2v) is 5.19. The van der Waals surface area contributed by atoms with E-state index in [9.17, 15) is 14.4 Å². The lowest BCUT2D eigenvalue weighted by atomic mass is 10.3. The van der Waals surface area contributed by atoms with Crippen LogP contribution >= 0.6 is 0 Å². The van der Waals surface area contributed by atoms with Crippen molar-refractivity contribution in [2.75, 3.05) is 13.2 Å². The minimum Gasteiger partial charge on any atom is -0.456 e. The zero-order valence-corrected chi connectivity index (χ0v) is 14.2. The zero-order valence-electron chi connectivity index (χ0n) is 14.2. The Bertz CT molecular complexity index is 746. The van der Waals surface area contributed by atoms with Crippen molar-refractivity contribution in [2.45, 2.75) is 26.2 Å². The van der Waals surface area contributed by atoms with Gasteiger partial charge in [-0.05, 0) is 18.6 Å². The van der Waals surface area contributed by atoms with E-state index >= 15 is 0 Å². The van der Waals surface area contributed by atoms with Crippen molar-refractivity contribution < 1.29 is 23.6 Å². The third kappa shape index (κ3) is 6.30. The van der Waals surface area contributed by atoms with E-state index in [0.29, 0.717) is 18.1 Å². The first-order valence-electron chi connectivity index (χ1n) is 8.05. The number of nitrogens with one attached hydrogen (secondary N) is 2. The topological polar surface area (TPSA) is 136 Å². The molecule has 0 saturated heterocycles. The molecule has 0 unspecified atom stereocenters. The predicted octanol–water partition coefficient (Wildman–Crippen LogP) is 0.843. The number of aryl methyl sites for hydroxylation is 1. The van der Waals surface area contributed by atoms with E-state index in [1.54, 1.807) is 24.4 Å². The fourth-order valence-corrected chi connectivity index (χ4v) is 1.83. The van der Waals surface area contributed by atoms with Gasteiger partial charge in [-0.2, -0.15) is 4.98 Å². The monoisotopic (exact) mass is 361 g/mol. The molecule has 0 radical (unpaired) electrons. The molecule has 2 rings (SSSR count). The lowest BCUT2D eigenvalue weighted by molar-refractivity contribution is -0.148. The number of rotatable bonds is 8. The first kappa shape index (κ1) is 19.0. The van der Waals surface area contributed by atoms with Crippen LogP contribution in [0.1, 0.15) is 25.7 Å².